The summed E-state index contributed by atoms with van der Waals surface area (Å²) in [5, 5.41) is 6.52. The van der Waals surface area contributed by atoms with E-state index in [1.807, 2.05) is 13.1 Å². The van der Waals surface area contributed by atoms with Gasteiger partial charge in [0.05, 0.1) is 5.56 Å². The number of hydrogen-bond acceptors (Lipinski definition) is 5. The maximum absolute atomic E-state index is 13.1. The Balaban J connectivity index is 1.56. The molecule has 0 amide bonds. The van der Waals surface area contributed by atoms with Crippen molar-refractivity contribution >= 4 is 23.2 Å². The molecule has 0 unspecified atom stereocenters. The molecule has 1 aliphatic heterocycles. The summed E-state index contributed by atoms with van der Waals surface area (Å²) in [7, 11) is 1.87. The number of anilines is 3. The summed E-state index contributed by atoms with van der Waals surface area (Å²) in [5.74, 6) is 2.04. The number of nitrogens with zero attached hydrogens (tertiary/aromatic N) is 3. The Labute approximate surface area is 176 Å². The summed E-state index contributed by atoms with van der Waals surface area (Å²) in [6, 6.07) is 17.0. The maximum Gasteiger partial charge on any atom is 0.226 e. The smallest absolute Gasteiger partial charge is 0.226 e. The van der Waals surface area contributed by atoms with Crippen LogP contribution in [0.2, 0.25) is 0 Å². The van der Waals surface area contributed by atoms with E-state index >= 15 is 0 Å². The van der Waals surface area contributed by atoms with Crippen molar-refractivity contribution in [2.75, 3.05) is 35.7 Å². The van der Waals surface area contributed by atoms with Crippen LogP contribution in [-0.4, -0.2) is 30.1 Å². The molecule has 0 radical (unpaired) electrons. The molecule has 4 rings (SSSR count). The molecule has 30 heavy (non-hydrogen) atoms. The molecule has 2 aromatic carbocycles. The molecular formula is C24H26FN5. The van der Waals surface area contributed by atoms with E-state index in [2.05, 4.69) is 51.4 Å². The first kappa shape index (κ1) is 19.9. The number of fused-ring (bicyclic) bond motifs is 1. The van der Waals surface area contributed by atoms with E-state index in [-0.39, 0.29) is 5.82 Å². The summed E-state index contributed by atoms with van der Waals surface area (Å²) in [4.78, 5) is 11.8. The Morgan fingerprint density at radius 1 is 1.03 bits per heavy atom. The van der Waals surface area contributed by atoms with Crippen LogP contribution < -0.4 is 15.5 Å². The summed E-state index contributed by atoms with van der Waals surface area (Å²) in [6.45, 7) is 6.57. The van der Waals surface area contributed by atoms with Crippen LogP contribution in [0.1, 0.15) is 23.1 Å². The van der Waals surface area contributed by atoms with Gasteiger partial charge in [-0.2, -0.15) is 9.97 Å². The van der Waals surface area contributed by atoms with Gasteiger partial charge >= 0.3 is 0 Å². The fraction of sp³-hybridized carbons (Fsp3) is 0.250. The molecule has 0 atom stereocenters. The molecule has 0 fully saturated rings. The Morgan fingerprint density at radius 3 is 2.53 bits per heavy atom. The van der Waals surface area contributed by atoms with Crippen LogP contribution >= 0.6 is 0 Å². The number of aromatic nitrogens is 2. The minimum Gasteiger partial charge on any atom is -0.372 e. The van der Waals surface area contributed by atoms with E-state index in [0.29, 0.717) is 12.5 Å². The lowest BCUT2D eigenvalue weighted by Gasteiger charge is -2.32. The van der Waals surface area contributed by atoms with Crippen molar-refractivity contribution in [3.8, 4) is 0 Å². The second-order valence-electron chi connectivity index (χ2n) is 7.41. The van der Waals surface area contributed by atoms with Crippen molar-refractivity contribution in [3.05, 3.63) is 83.7 Å². The number of halogens is 1. The SMILES string of the molecule is C=C1CCN(Cc2ccccc2)c2nc(NCCc3ccc(F)cc3)nc(NC)c21. The zero-order chi connectivity index (χ0) is 20.9. The van der Waals surface area contributed by atoms with Crippen LogP contribution in [0.5, 0.6) is 0 Å². The van der Waals surface area contributed by atoms with Gasteiger partial charge in [0, 0.05) is 26.7 Å². The Morgan fingerprint density at radius 2 is 1.80 bits per heavy atom. The monoisotopic (exact) mass is 403 g/mol. The van der Waals surface area contributed by atoms with Crippen LogP contribution in [0.4, 0.5) is 22.0 Å². The van der Waals surface area contributed by atoms with Gasteiger partial charge in [-0.3, -0.25) is 0 Å². The molecule has 154 valence electrons. The molecule has 0 bridgehead atoms. The average molecular weight is 404 g/mol. The van der Waals surface area contributed by atoms with Crippen LogP contribution in [0.3, 0.4) is 0 Å². The number of rotatable bonds is 7. The van der Waals surface area contributed by atoms with Gasteiger partial charge in [-0.05, 0) is 41.7 Å². The second kappa shape index (κ2) is 8.95. The summed E-state index contributed by atoms with van der Waals surface area (Å²) in [5.41, 5.74) is 4.35. The molecule has 0 saturated carbocycles. The minimum absolute atomic E-state index is 0.220. The van der Waals surface area contributed by atoms with E-state index in [4.69, 9.17) is 4.98 Å². The molecule has 0 aliphatic carbocycles. The standard InChI is InChI=1S/C24H26FN5/c1-17-13-15-30(16-19-6-4-3-5-7-19)23-21(17)22(26-2)28-24(29-23)27-14-12-18-8-10-20(25)11-9-18/h3-11H,1,12-16H2,2H3,(H2,26,27,28,29). The van der Waals surface area contributed by atoms with Gasteiger partial charge in [0.2, 0.25) is 5.95 Å². The predicted octanol–water partition coefficient (Wildman–Crippen LogP) is 4.74. The van der Waals surface area contributed by atoms with Crippen molar-refractivity contribution < 1.29 is 4.39 Å². The van der Waals surface area contributed by atoms with E-state index in [1.54, 1.807) is 12.1 Å². The lowest BCUT2D eigenvalue weighted by molar-refractivity contribution is 0.627. The Bertz CT molecular complexity index is 1020. The van der Waals surface area contributed by atoms with Gasteiger partial charge in [0.1, 0.15) is 17.5 Å². The van der Waals surface area contributed by atoms with Crippen LogP contribution in [-0.2, 0) is 13.0 Å². The Hall–Kier alpha value is -3.41. The topological polar surface area (TPSA) is 53.1 Å². The molecule has 1 aromatic heterocycles. The first-order valence-electron chi connectivity index (χ1n) is 10.2. The van der Waals surface area contributed by atoms with E-state index in [9.17, 15) is 4.39 Å². The van der Waals surface area contributed by atoms with Gasteiger partial charge in [0.15, 0.2) is 0 Å². The quantitative estimate of drug-likeness (QED) is 0.597. The van der Waals surface area contributed by atoms with Crippen molar-refractivity contribution in [2.24, 2.45) is 0 Å². The highest BCUT2D eigenvalue weighted by atomic mass is 19.1. The van der Waals surface area contributed by atoms with Gasteiger partial charge < -0.3 is 15.5 Å². The molecule has 6 heteroatoms. The largest absolute Gasteiger partial charge is 0.372 e. The summed E-state index contributed by atoms with van der Waals surface area (Å²) < 4.78 is 13.1. The first-order chi connectivity index (χ1) is 14.6. The Kier molecular flexibility index (Phi) is 5.93. The zero-order valence-electron chi connectivity index (χ0n) is 17.2. The highest BCUT2D eigenvalue weighted by Crippen LogP contribution is 2.37. The fourth-order valence-corrected chi connectivity index (χ4v) is 3.69. The minimum atomic E-state index is -0.220. The third-order valence-electron chi connectivity index (χ3n) is 5.29. The third-order valence-corrected chi connectivity index (χ3v) is 5.29. The second-order valence-corrected chi connectivity index (χ2v) is 7.41. The van der Waals surface area contributed by atoms with Gasteiger partial charge in [-0.1, -0.05) is 49.0 Å². The van der Waals surface area contributed by atoms with Crippen LogP contribution in [0.25, 0.3) is 5.57 Å². The normalized spacial score (nSPS) is 13.1. The summed E-state index contributed by atoms with van der Waals surface area (Å²) >= 11 is 0. The van der Waals surface area contributed by atoms with Crippen molar-refractivity contribution in [2.45, 2.75) is 19.4 Å². The highest BCUT2D eigenvalue weighted by Gasteiger charge is 2.25. The molecule has 5 nitrogen and oxygen atoms in total. The fourth-order valence-electron chi connectivity index (χ4n) is 3.69. The maximum atomic E-state index is 13.1. The summed E-state index contributed by atoms with van der Waals surface area (Å²) in [6.07, 6.45) is 1.64. The van der Waals surface area contributed by atoms with Crippen molar-refractivity contribution in [3.63, 3.8) is 0 Å². The molecule has 2 N–H and O–H groups in total. The van der Waals surface area contributed by atoms with Crippen molar-refractivity contribution in [1.82, 2.24) is 9.97 Å². The third kappa shape index (κ3) is 4.43. The molecule has 1 aliphatic rings. The van der Waals surface area contributed by atoms with Crippen molar-refractivity contribution in [1.29, 1.82) is 0 Å². The van der Waals surface area contributed by atoms with Crippen LogP contribution in [0.15, 0.2) is 61.2 Å². The number of benzene rings is 2. The lowest BCUT2D eigenvalue weighted by Crippen LogP contribution is -2.30. The predicted molar refractivity (Wildman–Crippen MR) is 121 cm³/mol. The first-order valence-corrected chi connectivity index (χ1v) is 10.2. The van der Waals surface area contributed by atoms with Gasteiger partial charge in [-0.25, -0.2) is 4.39 Å². The van der Waals surface area contributed by atoms with E-state index in [1.165, 1.54) is 17.7 Å². The molecule has 3 aromatic rings. The van der Waals surface area contributed by atoms with Gasteiger partial charge in [0.25, 0.3) is 0 Å². The average Bonchev–Trinajstić information content (AvgIpc) is 2.77. The van der Waals surface area contributed by atoms with E-state index < -0.39 is 0 Å². The lowest BCUT2D eigenvalue weighted by atomic mass is 10.00. The molecule has 0 spiro atoms. The molecule has 0 saturated heterocycles. The van der Waals surface area contributed by atoms with Crippen LogP contribution in [0, 0.1) is 5.82 Å². The zero-order valence-corrected chi connectivity index (χ0v) is 17.2. The molecular weight excluding hydrogens is 377 g/mol. The van der Waals surface area contributed by atoms with Gasteiger partial charge in [-0.15, -0.1) is 0 Å². The van der Waals surface area contributed by atoms with E-state index in [0.717, 1.165) is 54.3 Å². The highest BCUT2D eigenvalue weighted by molar-refractivity contribution is 5.84. The molecule has 2 heterocycles. The number of nitrogens with one attached hydrogen (secondary N) is 2. The number of hydrogen-bond donors (Lipinski definition) is 2.